The van der Waals surface area contributed by atoms with Crippen LogP contribution in [0.4, 0.5) is 0 Å². The molecule has 138 valence electrons. The van der Waals surface area contributed by atoms with E-state index in [4.69, 9.17) is 0 Å². The number of carboxylic acid groups (broad SMARTS) is 1. The summed E-state index contributed by atoms with van der Waals surface area (Å²) in [5.41, 5.74) is 3.70. The highest BCUT2D eigenvalue weighted by Gasteiger charge is 2.36. The average molecular weight is 362 g/mol. The average Bonchev–Trinajstić information content (AvgIpc) is 3.05. The van der Waals surface area contributed by atoms with Crippen molar-refractivity contribution in [3.05, 3.63) is 70.9 Å². The zero-order valence-corrected chi connectivity index (χ0v) is 15.4. The van der Waals surface area contributed by atoms with Gasteiger partial charge in [-0.3, -0.25) is 4.79 Å². The second-order valence-corrected chi connectivity index (χ2v) is 7.35. The van der Waals surface area contributed by atoms with Crippen LogP contribution in [0.2, 0.25) is 0 Å². The van der Waals surface area contributed by atoms with E-state index >= 15 is 0 Å². The van der Waals surface area contributed by atoms with Crippen molar-refractivity contribution >= 4 is 22.8 Å². The summed E-state index contributed by atoms with van der Waals surface area (Å²) in [7, 11) is 0. The maximum absolute atomic E-state index is 13.3. The molecule has 1 aromatic heterocycles. The highest BCUT2D eigenvalue weighted by atomic mass is 16.4. The maximum atomic E-state index is 13.3. The third kappa shape index (κ3) is 2.79. The van der Waals surface area contributed by atoms with Gasteiger partial charge in [0.1, 0.15) is 0 Å². The lowest BCUT2D eigenvalue weighted by molar-refractivity contribution is 0.0583. The van der Waals surface area contributed by atoms with E-state index in [1.165, 1.54) is 17.0 Å². The van der Waals surface area contributed by atoms with Crippen LogP contribution in [0.15, 0.2) is 48.5 Å². The number of hydrogen-bond acceptors (Lipinski definition) is 2. The highest BCUT2D eigenvalue weighted by Crippen LogP contribution is 2.39. The Hall–Kier alpha value is -3.08. The molecule has 1 amide bonds. The lowest BCUT2D eigenvalue weighted by Crippen LogP contribution is -2.42. The molecule has 0 spiro atoms. The largest absolute Gasteiger partial charge is 0.478 e. The Morgan fingerprint density at radius 3 is 2.44 bits per heavy atom. The number of carboxylic acids is 1. The third-order valence-electron chi connectivity index (χ3n) is 5.36. The fourth-order valence-electron chi connectivity index (χ4n) is 4.20. The number of nitrogens with one attached hydrogen (secondary N) is 1. The molecule has 1 atom stereocenters. The third-order valence-corrected chi connectivity index (χ3v) is 5.36. The lowest BCUT2D eigenvalue weighted by atomic mass is 9.89. The Kier molecular flexibility index (Phi) is 4.22. The molecule has 0 radical (unpaired) electrons. The van der Waals surface area contributed by atoms with Crippen LogP contribution in [-0.2, 0) is 6.42 Å². The Morgan fingerprint density at radius 2 is 1.74 bits per heavy atom. The summed E-state index contributed by atoms with van der Waals surface area (Å²) in [4.78, 5) is 30.2. The Morgan fingerprint density at radius 1 is 1.07 bits per heavy atom. The number of benzene rings is 2. The second-order valence-electron chi connectivity index (χ2n) is 7.35. The molecule has 27 heavy (non-hydrogen) atoms. The van der Waals surface area contributed by atoms with Crippen LogP contribution in [0.25, 0.3) is 10.9 Å². The van der Waals surface area contributed by atoms with Gasteiger partial charge >= 0.3 is 5.97 Å². The van der Waals surface area contributed by atoms with Crippen LogP contribution >= 0.6 is 0 Å². The fourth-order valence-corrected chi connectivity index (χ4v) is 4.20. The van der Waals surface area contributed by atoms with Crippen LogP contribution < -0.4 is 0 Å². The quantitative estimate of drug-likeness (QED) is 0.731. The molecular formula is C22H22N2O3. The van der Waals surface area contributed by atoms with Crippen molar-refractivity contribution in [3.8, 4) is 0 Å². The minimum absolute atomic E-state index is 0.0486. The molecule has 4 rings (SSSR count). The molecule has 0 saturated heterocycles. The minimum Gasteiger partial charge on any atom is -0.478 e. The summed E-state index contributed by atoms with van der Waals surface area (Å²) in [6, 6.07) is 14.5. The molecule has 0 saturated carbocycles. The number of amides is 1. The van der Waals surface area contributed by atoms with Crippen LogP contribution in [-0.4, -0.2) is 33.4 Å². The molecule has 2 N–H and O–H groups in total. The van der Waals surface area contributed by atoms with Crippen molar-refractivity contribution in [2.45, 2.75) is 26.3 Å². The van der Waals surface area contributed by atoms with Crippen molar-refractivity contribution in [1.82, 2.24) is 9.88 Å². The zero-order valence-electron chi connectivity index (χ0n) is 15.4. The van der Waals surface area contributed by atoms with Crippen molar-refractivity contribution in [3.63, 3.8) is 0 Å². The predicted molar refractivity (Wildman–Crippen MR) is 104 cm³/mol. The molecule has 3 aromatic rings. The zero-order chi connectivity index (χ0) is 19.1. The summed E-state index contributed by atoms with van der Waals surface area (Å²) in [6.45, 7) is 4.76. The number of aromatic amines is 1. The van der Waals surface area contributed by atoms with E-state index in [-0.39, 0.29) is 29.0 Å². The highest BCUT2D eigenvalue weighted by molar-refractivity contribution is 6.05. The minimum atomic E-state index is -1.08. The normalized spacial score (nSPS) is 16.6. The van der Waals surface area contributed by atoms with Crippen molar-refractivity contribution in [2.75, 3.05) is 6.54 Å². The molecule has 1 aliphatic heterocycles. The number of aromatic nitrogens is 1. The van der Waals surface area contributed by atoms with E-state index in [2.05, 4.69) is 31.0 Å². The van der Waals surface area contributed by atoms with Crippen LogP contribution in [0.1, 0.15) is 51.9 Å². The summed E-state index contributed by atoms with van der Waals surface area (Å²) in [5, 5.41) is 10.7. The van der Waals surface area contributed by atoms with Gasteiger partial charge in [0.2, 0.25) is 0 Å². The first-order valence-electron chi connectivity index (χ1n) is 9.21. The van der Waals surface area contributed by atoms with E-state index < -0.39 is 5.97 Å². The van der Waals surface area contributed by atoms with Crippen molar-refractivity contribution < 1.29 is 14.7 Å². The molecule has 0 aliphatic carbocycles. The van der Waals surface area contributed by atoms with Gasteiger partial charge in [-0.25, -0.2) is 4.79 Å². The molecule has 1 aliphatic rings. The van der Waals surface area contributed by atoms with Crippen LogP contribution in [0, 0.1) is 5.92 Å². The second kappa shape index (κ2) is 6.58. The molecule has 5 nitrogen and oxygen atoms in total. The number of nitrogens with zero attached hydrogens (tertiary/aromatic N) is 1. The molecular weight excluding hydrogens is 340 g/mol. The van der Waals surface area contributed by atoms with Gasteiger partial charge < -0.3 is 15.0 Å². The number of hydrogen-bond donors (Lipinski definition) is 2. The maximum Gasteiger partial charge on any atom is 0.336 e. The first-order valence-corrected chi connectivity index (χ1v) is 9.21. The number of carbonyl (C=O) groups excluding carboxylic acids is 1. The van der Waals surface area contributed by atoms with E-state index in [1.807, 2.05) is 17.0 Å². The number of H-pyrrole nitrogens is 1. The van der Waals surface area contributed by atoms with Crippen molar-refractivity contribution in [2.24, 2.45) is 5.92 Å². The first-order chi connectivity index (χ1) is 13.0. The molecule has 0 fully saturated rings. The van der Waals surface area contributed by atoms with Crippen molar-refractivity contribution in [1.29, 1.82) is 0 Å². The molecule has 2 aromatic carbocycles. The van der Waals surface area contributed by atoms with E-state index in [9.17, 15) is 14.7 Å². The summed E-state index contributed by atoms with van der Waals surface area (Å²) in [6.07, 6.45) is 0.754. The van der Waals surface area contributed by atoms with Gasteiger partial charge in [0, 0.05) is 23.1 Å². The topological polar surface area (TPSA) is 73.4 Å². The fraction of sp³-hybridized carbons (Fsp3) is 0.273. The SMILES string of the molecule is CC(C)C1c2[nH]c3ccccc3c2CCN1C(=O)c1ccccc1C(=O)O. The molecule has 0 bridgehead atoms. The number of para-hydroxylation sites is 1. The monoisotopic (exact) mass is 362 g/mol. The Balaban J connectivity index is 1.80. The molecule has 1 unspecified atom stereocenters. The molecule has 5 heteroatoms. The number of rotatable bonds is 3. The standard InChI is InChI=1S/C22H22N2O3/c1-13(2)20-19-15(14-7-5-6-10-18(14)23-19)11-12-24(20)21(25)16-8-3-4-9-17(16)22(26)27/h3-10,13,20,23H,11-12H2,1-2H3,(H,26,27). The lowest BCUT2D eigenvalue weighted by Gasteiger charge is -2.38. The van der Waals surface area contributed by atoms with Crippen LogP contribution in [0.3, 0.4) is 0 Å². The van der Waals surface area contributed by atoms with E-state index in [1.54, 1.807) is 18.2 Å². The van der Waals surface area contributed by atoms with Gasteiger partial charge in [-0.2, -0.15) is 0 Å². The number of carbonyl (C=O) groups is 2. The van der Waals surface area contributed by atoms with E-state index in [0.29, 0.717) is 6.54 Å². The van der Waals surface area contributed by atoms with Gasteiger partial charge in [-0.15, -0.1) is 0 Å². The van der Waals surface area contributed by atoms with Gasteiger partial charge in [0.05, 0.1) is 17.2 Å². The Bertz CT molecular complexity index is 1030. The predicted octanol–water partition coefficient (Wildman–Crippen LogP) is 4.26. The summed E-state index contributed by atoms with van der Waals surface area (Å²) in [5.74, 6) is -1.11. The first kappa shape index (κ1) is 17.3. The number of aromatic carboxylic acids is 1. The summed E-state index contributed by atoms with van der Waals surface area (Å²) >= 11 is 0. The van der Waals surface area contributed by atoms with Gasteiger partial charge in [0.15, 0.2) is 0 Å². The smallest absolute Gasteiger partial charge is 0.336 e. The number of fused-ring (bicyclic) bond motifs is 3. The van der Waals surface area contributed by atoms with E-state index in [0.717, 1.165) is 17.6 Å². The summed E-state index contributed by atoms with van der Waals surface area (Å²) < 4.78 is 0. The van der Waals surface area contributed by atoms with Crippen LogP contribution in [0.5, 0.6) is 0 Å². The van der Waals surface area contributed by atoms with Gasteiger partial charge in [-0.1, -0.05) is 44.2 Å². The molecule has 2 heterocycles. The van der Waals surface area contributed by atoms with Gasteiger partial charge in [-0.05, 0) is 36.1 Å². The van der Waals surface area contributed by atoms with Gasteiger partial charge in [0.25, 0.3) is 5.91 Å². The Labute approximate surface area is 157 Å².